The van der Waals surface area contributed by atoms with Gasteiger partial charge in [-0.15, -0.1) is 0 Å². The number of thiazole rings is 1. The van der Waals surface area contributed by atoms with Crippen LogP contribution in [0.2, 0.25) is 5.02 Å². The lowest BCUT2D eigenvalue weighted by atomic mass is 10.1. The van der Waals surface area contributed by atoms with Crippen molar-refractivity contribution in [2.24, 2.45) is 0 Å². The second kappa shape index (κ2) is 17.3. The molecule has 0 aliphatic rings. The van der Waals surface area contributed by atoms with Crippen LogP contribution >= 0.6 is 22.9 Å². The van der Waals surface area contributed by atoms with Gasteiger partial charge in [-0.1, -0.05) is 113 Å². The number of nitrogens with zero attached hydrogens (tertiary/aromatic N) is 1. The molecule has 6 heteroatoms. The number of halogens is 1. The van der Waals surface area contributed by atoms with Crippen molar-refractivity contribution in [2.75, 3.05) is 11.9 Å². The molecular formula is C32H44ClN2O2S+. The predicted octanol–water partition coefficient (Wildman–Crippen LogP) is 9.38. The van der Waals surface area contributed by atoms with Crippen LogP contribution in [-0.2, 0) is 6.54 Å². The first-order chi connectivity index (χ1) is 18.6. The van der Waals surface area contributed by atoms with Crippen molar-refractivity contribution in [3.05, 3.63) is 75.2 Å². The zero-order chi connectivity index (χ0) is 27.0. The summed E-state index contributed by atoms with van der Waals surface area (Å²) < 4.78 is 8.22. The van der Waals surface area contributed by atoms with Gasteiger partial charge in [-0.25, -0.2) is 0 Å². The summed E-state index contributed by atoms with van der Waals surface area (Å²) in [6.07, 6.45) is 15.6. The van der Waals surface area contributed by atoms with E-state index in [1.54, 1.807) is 29.5 Å². The Morgan fingerprint density at radius 1 is 0.895 bits per heavy atom. The lowest BCUT2D eigenvalue weighted by Crippen LogP contribution is -2.34. The van der Waals surface area contributed by atoms with Crippen molar-refractivity contribution in [3.63, 3.8) is 0 Å². The molecule has 4 nitrogen and oxygen atoms in total. The third-order valence-electron chi connectivity index (χ3n) is 6.89. The van der Waals surface area contributed by atoms with E-state index in [-0.39, 0.29) is 5.91 Å². The van der Waals surface area contributed by atoms with Crippen molar-refractivity contribution < 1.29 is 14.1 Å². The second-order valence-electron chi connectivity index (χ2n) is 10.2. The van der Waals surface area contributed by atoms with Gasteiger partial charge in [-0.2, -0.15) is 4.57 Å². The van der Waals surface area contributed by atoms with Crippen LogP contribution in [0.1, 0.15) is 106 Å². The number of aryl methyl sites for hydroxylation is 1. The Kier molecular flexibility index (Phi) is 13.7. The van der Waals surface area contributed by atoms with Crippen LogP contribution in [0.3, 0.4) is 0 Å². The van der Waals surface area contributed by atoms with Crippen LogP contribution in [0.15, 0.2) is 53.4 Å². The van der Waals surface area contributed by atoms with Crippen molar-refractivity contribution in [3.8, 4) is 5.75 Å². The topological polar surface area (TPSA) is 42.2 Å². The fourth-order valence-corrected chi connectivity index (χ4v) is 5.48. The molecule has 3 aromatic rings. The monoisotopic (exact) mass is 555 g/mol. The second-order valence-corrected chi connectivity index (χ2v) is 11.3. The Balaban J connectivity index is 1.38. The maximum Gasteiger partial charge on any atom is 0.259 e. The molecule has 38 heavy (non-hydrogen) atoms. The first kappa shape index (κ1) is 30.2. The number of nitrogens with one attached hydrogen (secondary N) is 1. The number of carbonyl (C=O) groups is 1. The summed E-state index contributed by atoms with van der Waals surface area (Å²) in [6.45, 7) is 5.78. The predicted molar refractivity (Wildman–Crippen MR) is 161 cm³/mol. The van der Waals surface area contributed by atoms with Gasteiger partial charge in [-0.05, 0) is 36.8 Å². The lowest BCUT2D eigenvalue weighted by Gasteiger charge is -2.13. The lowest BCUT2D eigenvalue weighted by molar-refractivity contribution is -0.689. The molecule has 0 saturated heterocycles. The molecule has 3 rings (SSSR count). The number of carbonyl (C=O) groups excluding carboxylic acids is 1. The molecule has 1 amide bonds. The maximum atomic E-state index is 13.0. The van der Waals surface area contributed by atoms with E-state index >= 15 is 0 Å². The van der Waals surface area contributed by atoms with E-state index in [0.717, 1.165) is 25.1 Å². The highest BCUT2D eigenvalue weighted by Crippen LogP contribution is 2.25. The van der Waals surface area contributed by atoms with Crippen LogP contribution in [0.4, 0.5) is 5.69 Å². The Morgan fingerprint density at radius 2 is 1.53 bits per heavy atom. The molecule has 0 atom stereocenters. The van der Waals surface area contributed by atoms with Crippen LogP contribution in [0, 0.1) is 6.92 Å². The minimum Gasteiger partial charge on any atom is -0.493 e. The van der Waals surface area contributed by atoms with Gasteiger partial charge in [-0.3, -0.25) is 4.79 Å². The van der Waals surface area contributed by atoms with Crippen LogP contribution < -0.4 is 14.6 Å². The largest absolute Gasteiger partial charge is 0.493 e. The van der Waals surface area contributed by atoms with Gasteiger partial charge in [0.2, 0.25) is 5.51 Å². The molecule has 2 aromatic carbocycles. The number of hydrogen-bond acceptors (Lipinski definition) is 3. The van der Waals surface area contributed by atoms with Gasteiger partial charge < -0.3 is 10.1 Å². The molecule has 0 unspecified atom stereocenters. The number of ether oxygens (including phenoxy) is 1. The van der Waals surface area contributed by atoms with Gasteiger partial charge >= 0.3 is 0 Å². The van der Waals surface area contributed by atoms with E-state index in [1.165, 1.54) is 75.5 Å². The summed E-state index contributed by atoms with van der Waals surface area (Å²) in [5.74, 6) is 0.348. The normalized spacial score (nSPS) is 11.0. The van der Waals surface area contributed by atoms with E-state index in [1.807, 2.05) is 24.3 Å². The summed E-state index contributed by atoms with van der Waals surface area (Å²) in [7, 11) is 0. The quantitative estimate of drug-likeness (QED) is 0.125. The van der Waals surface area contributed by atoms with Crippen LogP contribution in [-0.4, -0.2) is 12.5 Å². The minimum atomic E-state index is -0.192. The summed E-state index contributed by atoms with van der Waals surface area (Å²) >= 11 is 7.91. The zero-order valence-electron chi connectivity index (χ0n) is 23.1. The summed E-state index contributed by atoms with van der Waals surface area (Å²) in [5.41, 5.74) is 5.80. The van der Waals surface area contributed by atoms with Gasteiger partial charge in [0.15, 0.2) is 12.2 Å². The van der Waals surface area contributed by atoms with Crippen LogP contribution in [0.25, 0.3) is 0 Å². The van der Waals surface area contributed by atoms with Gasteiger partial charge in [0, 0.05) is 23.2 Å². The highest BCUT2D eigenvalue weighted by molar-refractivity contribution is 7.07. The van der Waals surface area contributed by atoms with Crippen molar-refractivity contribution >= 4 is 34.5 Å². The number of hydrogen-bond donors (Lipinski definition) is 1. The van der Waals surface area contributed by atoms with E-state index in [2.05, 4.69) is 34.6 Å². The van der Waals surface area contributed by atoms with Crippen molar-refractivity contribution in [2.45, 2.75) is 97.4 Å². The zero-order valence-corrected chi connectivity index (χ0v) is 24.7. The number of anilines is 1. The Hall–Kier alpha value is -2.37. The number of unbranched alkanes of at least 4 members (excludes halogenated alkanes) is 11. The molecule has 206 valence electrons. The molecule has 1 aromatic heterocycles. The molecule has 0 bridgehead atoms. The van der Waals surface area contributed by atoms with Crippen molar-refractivity contribution in [1.29, 1.82) is 0 Å². The maximum absolute atomic E-state index is 13.0. The fraction of sp³-hybridized carbons (Fsp3) is 0.500. The minimum absolute atomic E-state index is 0.192. The average Bonchev–Trinajstić information content (AvgIpc) is 3.32. The number of amides is 1. The van der Waals surface area contributed by atoms with Crippen molar-refractivity contribution in [1.82, 2.24) is 0 Å². The molecule has 0 saturated carbocycles. The number of benzene rings is 2. The number of aromatic nitrogens is 1. The summed E-state index contributed by atoms with van der Waals surface area (Å²) in [5, 5.41) is 5.70. The Bertz CT molecular complexity index is 1100. The third-order valence-corrected chi connectivity index (χ3v) is 7.98. The highest BCUT2D eigenvalue weighted by atomic mass is 35.5. The molecule has 0 aliphatic heterocycles. The molecule has 0 radical (unpaired) electrons. The molecule has 0 spiro atoms. The highest BCUT2D eigenvalue weighted by Gasteiger charge is 2.14. The van der Waals surface area contributed by atoms with Crippen LogP contribution in [0.5, 0.6) is 5.75 Å². The van der Waals surface area contributed by atoms with Gasteiger partial charge in [0.05, 0.1) is 17.6 Å². The molecule has 0 fully saturated rings. The SMILES string of the molecule is CCCCCCCCCCCCCCOc1cc(Cl)ccc1C(=O)Nc1ccc(C[n+]2cscc2C)cc1. The summed E-state index contributed by atoms with van der Waals surface area (Å²) in [4.78, 5) is 13.0. The molecule has 1 N–H and O–H groups in total. The smallest absolute Gasteiger partial charge is 0.259 e. The van der Waals surface area contributed by atoms with E-state index < -0.39 is 0 Å². The Morgan fingerprint density at radius 3 is 2.13 bits per heavy atom. The number of rotatable bonds is 18. The first-order valence-corrected chi connectivity index (χ1v) is 15.6. The standard InChI is InChI=1S/C32H43ClN2O2S/c1-3-4-5-6-7-8-9-10-11-12-13-14-21-37-31-22-28(33)17-20-30(31)32(36)34-29-18-15-27(16-19-29)23-35-25-38-24-26(35)2/h15-20,22,24-25H,3-14,21,23H2,1-2H3/p+1. The van der Waals surface area contributed by atoms with E-state index in [4.69, 9.17) is 16.3 Å². The average molecular weight is 556 g/mol. The summed E-state index contributed by atoms with van der Waals surface area (Å²) in [6, 6.07) is 13.2. The molecule has 1 heterocycles. The molecule has 0 aliphatic carbocycles. The fourth-order valence-electron chi connectivity index (χ4n) is 4.53. The van der Waals surface area contributed by atoms with E-state index in [9.17, 15) is 4.79 Å². The third kappa shape index (κ3) is 10.8. The Labute approximate surface area is 238 Å². The molecular weight excluding hydrogens is 512 g/mol. The first-order valence-electron chi connectivity index (χ1n) is 14.3. The van der Waals surface area contributed by atoms with Gasteiger partial charge in [0.1, 0.15) is 5.75 Å². The van der Waals surface area contributed by atoms with Gasteiger partial charge in [0.25, 0.3) is 5.91 Å². The van der Waals surface area contributed by atoms with E-state index in [0.29, 0.717) is 22.9 Å².